The van der Waals surface area contributed by atoms with Crippen molar-refractivity contribution in [3.8, 4) is 5.75 Å². The zero-order chi connectivity index (χ0) is 22.5. The lowest BCUT2D eigenvalue weighted by molar-refractivity contribution is -0.120. The van der Waals surface area contributed by atoms with Crippen LogP contribution in [0, 0.1) is 0 Å². The van der Waals surface area contributed by atoms with Crippen LogP contribution >= 0.6 is 11.3 Å². The highest BCUT2D eigenvalue weighted by atomic mass is 32.1. The van der Waals surface area contributed by atoms with Crippen LogP contribution in [0.3, 0.4) is 0 Å². The minimum absolute atomic E-state index is 0.0655. The van der Waals surface area contributed by atoms with Gasteiger partial charge in [-0.15, -0.1) is 0 Å². The molecule has 0 saturated heterocycles. The van der Waals surface area contributed by atoms with Crippen molar-refractivity contribution in [3.63, 3.8) is 0 Å². The van der Waals surface area contributed by atoms with Gasteiger partial charge in [0.2, 0.25) is 0 Å². The number of amides is 1. The van der Waals surface area contributed by atoms with Gasteiger partial charge in [-0.2, -0.15) is 0 Å². The third-order valence-electron chi connectivity index (χ3n) is 5.34. The number of aromatic nitrogens is 2. The summed E-state index contributed by atoms with van der Waals surface area (Å²) >= 11 is 1.52. The van der Waals surface area contributed by atoms with Gasteiger partial charge in [-0.3, -0.25) is 14.7 Å². The van der Waals surface area contributed by atoms with Crippen molar-refractivity contribution >= 4 is 32.6 Å². The number of rotatable bonds is 8. The number of fused-ring (bicyclic) bond motifs is 1. The van der Waals surface area contributed by atoms with Crippen LogP contribution in [-0.4, -0.2) is 22.5 Å². The topological polar surface area (TPSA) is 55.3 Å². The molecule has 0 aliphatic rings. The van der Waals surface area contributed by atoms with Crippen LogP contribution in [0.1, 0.15) is 43.5 Å². The van der Waals surface area contributed by atoms with E-state index in [1.165, 1.54) is 22.5 Å². The molecule has 32 heavy (non-hydrogen) atoms. The summed E-state index contributed by atoms with van der Waals surface area (Å²) in [6, 6.07) is 19.8. The van der Waals surface area contributed by atoms with Gasteiger partial charge in [-0.25, -0.2) is 4.98 Å². The monoisotopic (exact) mass is 445 g/mol. The standard InChI is InChI=1S/C26H27N3O2S/c1-4-19-8-13-23-24(15-19)32-26(28-23)29(16-21-7-5-6-14-27-21)25(30)17-31-22-11-9-20(10-12-22)18(2)3/h5-15,18H,4,16-17H2,1-3H3. The number of carbonyl (C=O) groups is 1. The molecule has 2 aromatic carbocycles. The van der Waals surface area contributed by atoms with E-state index in [1.54, 1.807) is 11.1 Å². The molecule has 6 heteroatoms. The van der Waals surface area contributed by atoms with Gasteiger partial charge in [0.1, 0.15) is 5.75 Å². The van der Waals surface area contributed by atoms with Crippen molar-refractivity contribution in [1.29, 1.82) is 0 Å². The van der Waals surface area contributed by atoms with E-state index in [2.05, 4.69) is 37.9 Å². The van der Waals surface area contributed by atoms with E-state index >= 15 is 0 Å². The summed E-state index contributed by atoms with van der Waals surface area (Å²) in [7, 11) is 0. The lowest BCUT2D eigenvalue weighted by atomic mass is 10.0. The average Bonchev–Trinajstić information content (AvgIpc) is 3.24. The maximum Gasteiger partial charge on any atom is 0.267 e. The van der Waals surface area contributed by atoms with E-state index in [0.717, 1.165) is 22.3 Å². The van der Waals surface area contributed by atoms with Crippen molar-refractivity contribution in [3.05, 3.63) is 83.7 Å². The average molecular weight is 446 g/mol. The number of anilines is 1. The van der Waals surface area contributed by atoms with Gasteiger partial charge in [-0.05, 0) is 59.9 Å². The maximum atomic E-state index is 13.2. The summed E-state index contributed by atoms with van der Waals surface area (Å²) in [5.41, 5.74) is 4.19. The highest BCUT2D eigenvalue weighted by molar-refractivity contribution is 7.22. The number of aryl methyl sites for hydroxylation is 1. The second-order valence-corrected chi connectivity index (χ2v) is 8.97. The first-order chi connectivity index (χ1) is 15.5. The van der Waals surface area contributed by atoms with Gasteiger partial charge in [0.25, 0.3) is 5.91 Å². The van der Waals surface area contributed by atoms with Gasteiger partial charge in [0.05, 0.1) is 22.5 Å². The van der Waals surface area contributed by atoms with Crippen molar-refractivity contribution in [2.75, 3.05) is 11.5 Å². The fraction of sp³-hybridized carbons (Fsp3) is 0.269. The molecule has 4 rings (SSSR count). The molecule has 0 aliphatic heterocycles. The van der Waals surface area contributed by atoms with E-state index < -0.39 is 0 Å². The molecule has 2 aromatic heterocycles. The van der Waals surface area contributed by atoms with Crippen molar-refractivity contribution in [1.82, 2.24) is 9.97 Å². The zero-order valence-electron chi connectivity index (χ0n) is 18.6. The molecule has 0 N–H and O–H groups in total. The number of benzene rings is 2. The Labute approximate surface area is 192 Å². The Balaban J connectivity index is 1.56. The summed E-state index contributed by atoms with van der Waals surface area (Å²) in [5.74, 6) is 0.975. The second kappa shape index (κ2) is 9.92. The predicted molar refractivity (Wildman–Crippen MR) is 130 cm³/mol. The largest absolute Gasteiger partial charge is 0.484 e. The molecular weight excluding hydrogens is 418 g/mol. The molecule has 0 spiro atoms. The van der Waals surface area contributed by atoms with Crippen LogP contribution in [-0.2, 0) is 17.8 Å². The molecule has 0 saturated carbocycles. The summed E-state index contributed by atoms with van der Waals surface area (Å²) in [6.07, 6.45) is 2.69. The van der Waals surface area contributed by atoms with Gasteiger partial charge in [-0.1, -0.05) is 56.4 Å². The molecule has 0 fully saturated rings. The Bertz CT molecular complexity index is 1190. The van der Waals surface area contributed by atoms with Crippen LogP contribution in [0.2, 0.25) is 0 Å². The number of hydrogen-bond donors (Lipinski definition) is 0. The fourth-order valence-electron chi connectivity index (χ4n) is 3.38. The van der Waals surface area contributed by atoms with Gasteiger partial charge in [0, 0.05) is 6.20 Å². The molecule has 164 valence electrons. The van der Waals surface area contributed by atoms with E-state index in [4.69, 9.17) is 9.72 Å². The molecule has 0 bridgehead atoms. The molecule has 5 nitrogen and oxygen atoms in total. The molecule has 0 radical (unpaired) electrons. The quantitative estimate of drug-likeness (QED) is 0.334. The van der Waals surface area contributed by atoms with Crippen LogP contribution in [0.4, 0.5) is 5.13 Å². The maximum absolute atomic E-state index is 13.2. The molecule has 2 heterocycles. The molecule has 0 atom stereocenters. The SMILES string of the molecule is CCc1ccc2nc(N(Cc3ccccn3)C(=O)COc3ccc(C(C)C)cc3)sc2c1. The Kier molecular flexibility index (Phi) is 6.81. The molecule has 4 aromatic rings. The first-order valence-corrected chi connectivity index (χ1v) is 11.7. The van der Waals surface area contributed by atoms with Crippen molar-refractivity contribution in [2.24, 2.45) is 0 Å². The Morgan fingerprint density at radius 2 is 1.91 bits per heavy atom. The smallest absolute Gasteiger partial charge is 0.267 e. The van der Waals surface area contributed by atoms with Crippen LogP contribution < -0.4 is 9.64 Å². The lowest BCUT2D eigenvalue weighted by Crippen LogP contribution is -2.34. The van der Waals surface area contributed by atoms with E-state index in [-0.39, 0.29) is 12.5 Å². The Hall–Kier alpha value is -3.25. The van der Waals surface area contributed by atoms with Gasteiger partial charge in [0.15, 0.2) is 11.7 Å². The Morgan fingerprint density at radius 1 is 1.09 bits per heavy atom. The lowest BCUT2D eigenvalue weighted by Gasteiger charge is -2.20. The number of thiazole rings is 1. The summed E-state index contributed by atoms with van der Waals surface area (Å²) in [5, 5.41) is 0.655. The number of ether oxygens (including phenoxy) is 1. The summed E-state index contributed by atoms with van der Waals surface area (Å²) in [6.45, 7) is 6.71. The number of carbonyl (C=O) groups excluding carboxylic acids is 1. The van der Waals surface area contributed by atoms with Crippen molar-refractivity contribution in [2.45, 2.75) is 39.7 Å². The highest BCUT2D eigenvalue weighted by Gasteiger charge is 2.21. The van der Waals surface area contributed by atoms with Crippen LogP contribution in [0.5, 0.6) is 5.75 Å². The number of nitrogens with zero attached hydrogens (tertiary/aromatic N) is 3. The van der Waals surface area contributed by atoms with Crippen LogP contribution in [0.25, 0.3) is 10.2 Å². The third-order valence-corrected chi connectivity index (χ3v) is 6.38. The van der Waals surface area contributed by atoms with E-state index in [1.807, 2.05) is 48.5 Å². The normalized spacial score (nSPS) is 11.1. The second-order valence-electron chi connectivity index (χ2n) is 7.97. The first-order valence-electron chi connectivity index (χ1n) is 10.9. The fourth-order valence-corrected chi connectivity index (χ4v) is 4.43. The Morgan fingerprint density at radius 3 is 2.59 bits per heavy atom. The summed E-state index contributed by atoms with van der Waals surface area (Å²) in [4.78, 5) is 24.0. The van der Waals surface area contributed by atoms with Gasteiger partial charge < -0.3 is 4.74 Å². The number of hydrogen-bond acceptors (Lipinski definition) is 5. The first kappa shape index (κ1) is 22.0. The minimum atomic E-state index is -0.154. The number of pyridine rings is 1. The van der Waals surface area contributed by atoms with E-state index in [0.29, 0.717) is 23.3 Å². The minimum Gasteiger partial charge on any atom is -0.484 e. The van der Waals surface area contributed by atoms with Crippen molar-refractivity contribution < 1.29 is 9.53 Å². The van der Waals surface area contributed by atoms with Crippen LogP contribution in [0.15, 0.2) is 66.9 Å². The highest BCUT2D eigenvalue weighted by Crippen LogP contribution is 2.31. The summed E-state index contributed by atoms with van der Waals surface area (Å²) < 4.78 is 6.89. The molecule has 0 unspecified atom stereocenters. The molecule has 1 amide bonds. The van der Waals surface area contributed by atoms with E-state index in [9.17, 15) is 4.79 Å². The predicted octanol–water partition coefficient (Wildman–Crippen LogP) is 5.99. The molecular formula is C26H27N3O2S. The third kappa shape index (κ3) is 5.14. The zero-order valence-corrected chi connectivity index (χ0v) is 19.4. The molecule has 0 aliphatic carbocycles. The van der Waals surface area contributed by atoms with Gasteiger partial charge >= 0.3 is 0 Å².